The smallest absolute Gasteiger partial charge is 0.137 e. The van der Waals surface area contributed by atoms with Crippen molar-refractivity contribution in [3.05, 3.63) is 46.5 Å². The minimum absolute atomic E-state index is 0.238. The average Bonchev–Trinajstić information content (AvgIpc) is 2.77. The van der Waals surface area contributed by atoms with Crippen LogP contribution in [0.3, 0.4) is 0 Å². The number of benzene rings is 1. The van der Waals surface area contributed by atoms with Crippen molar-refractivity contribution < 1.29 is 0 Å². The van der Waals surface area contributed by atoms with Crippen molar-refractivity contribution >= 4 is 0 Å². The topological polar surface area (TPSA) is 56.7 Å². The lowest BCUT2D eigenvalue weighted by Gasteiger charge is -2.20. The van der Waals surface area contributed by atoms with Gasteiger partial charge in [-0.05, 0) is 37.0 Å². The van der Waals surface area contributed by atoms with Crippen LogP contribution in [0.1, 0.15) is 34.8 Å². The summed E-state index contributed by atoms with van der Waals surface area (Å²) in [6.45, 7) is 5.13. The number of hydrogen-bond acceptors (Lipinski definition) is 3. The first-order valence-corrected chi connectivity index (χ1v) is 6.86. The summed E-state index contributed by atoms with van der Waals surface area (Å²) in [5.74, 6) is 2.12. The normalized spacial score (nSPS) is 18.4. The highest BCUT2D eigenvalue weighted by Gasteiger charge is 2.20. The Morgan fingerprint density at radius 2 is 2.11 bits per heavy atom. The fourth-order valence-corrected chi connectivity index (χ4v) is 2.64. The quantitative estimate of drug-likeness (QED) is 0.890. The number of nitrogens with zero attached hydrogens (tertiary/aromatic N) is 3. The summed E-state index contributed by atoms with van der Waals surface area (Å²) >= 11 is 0. The van der Waals surface area contributed by atoms with E-state index in [1.807, 2.05) is 0 Å². The number of aryl methyl sites for hydroxylation is 3. The van der Waals surface area contributed by atoms with Gasteiger partial charge in [-0.25, -0.2) is 0 Å². The molecule has 2 heterocycles. The van der Waals surface area contributed by atoms with E-state index in [0.717, 1.165) is 37.5 Å². The van der Waals surface area contributed by atoms with E-state index in [1.54, 1.807) is 0 Å². The number of rotatable bonds is 2. The van der Waals surface area contributed by atoms with Crippen LogP contribution in [0.15, 0.2) is 18.2 Å². The van der Waals surface area contributed by atoms with Gasteiger partial charge >= 0.3 is 0 Å². The minimum atomic E-state index is 0.238. The van der Waals surface area contributed by atoms with E-state index in [2.05, 4.69) is 46.8 Å². The van der Waals surface area contributed by atoms with Crippen LogP contribution >= 0.6 is 0 Å². The Balaban J connectivity index is 1.87. The van der Waals surface area contributed by atoms with Crippen molar-refractivity contribution in [2.24, 2.45) is 5.73 Å². The van der Waals surface area contributed by atoms with Crippen molar-refractivity contribution in [1.82, 2.24) is 14.8 Å². The van der Waals surface area contributed by atoms with Crippen LogP contribution in [0.4, 0.5) is 0 Å². The standard InChI is InChI=1S/C15H20N4/c1-10-3-4-12(7-11(10)2)8-15-18-17-14-6-5-13(16)9-19(14)15/h3-4,7,13H,5-6,8-9,16H2,1-2H3. The number of hydrogen-bond donors (Lipinski definition) is 1. The molecule has 0 radical (unpaired) electrons. The van der Waals surface area contributed by atoms with E-state index in [-0.39, 0.29) is 6.04 Å². The van der Waals surface area contributed by atoms with E-state index in [4.69, 9.17) is 5.73 Å². The molecule has 4 nitrogen and oxygen atoms in total. The maximum absolute atomic E-state index is 6.04. The Morgan fingerprint density at radius 3 is 2.89 bits per heavy atom. The molecule has 0 spiro atoms. The second-order valence-electron chi connectivity index (χ2n) is 5.54. The van der Waals surface area contributed by atoms with E-state index in [1.165, 1.54) is 16.7 Å². The van der Waals surface area contributed by atoms with Gasteiger partial charge in [-0.3, -0.25) is 0 Å². The van der Waals surface area contributed by atoms with Crippen LogP contribution in [0.5, 0.6) is 0 Å². The largest absolute Gasteiger partial charge is 0.326 e. The molecular formula is C15H20N4. The predicted molar refractivity (Wildman–Crippen MR) is 75.0 cm³/mol. The number of nitrogens with two attached hydrogens (primary N) is 1. The molecule has 3 rings (SSSR count). The summed E-state index contributed by atoms with van der Waals surface area (Å²) in [5, 5.41) is 8.62. The highest BCUT2D eigenvalue weighted by molar-refractivity contribution is 5.31. The molecular weight excluding hydrogens is 236 g/mol. The lowest BCUT2D eigenvalue weighted by molar-refractivity contribution is 0.445. The molecule has 4 heteroatoms. The van der Waals surface area contributed by atoms with Crippen LogP contribution in [-0.2, 0) is 19.4 Å². The van der Waals surface area contributed by atoms with Crippen molar-refractivity contribution in [2.45, 2.75) is 45.7 Å². The first-order chi connectivity index (χ1) is 9.13. The Bertz CT molecular complexity index is 600. The second kappa shape index (κ2) is 4.78. The zero-order valence-electron chi connectivity index (χ0n) is 11.6. The number of fused-ring (bicyclic) bond motifs is 1. The fourth-order valence-electron chi connectivity index (χ4n) is 2.64. The molecule has 1 aromatic heterocycles. The van der Waals surface area contributed by atoms with Gasteiger partial charge in [0.1, 0.15) is 11.6 Å². The Morgan fingerprint density at radius 1 is 1.26 bits per heavy atom. The summed E-state index contributed by atoms with van der Waals surface area (Å²) in [5.41, 5.74) is 9.98. The van der Waals surface area contributed by atoms with Crippen LogP contribution in [0.2, 0.25) is 0 Å². The highest BCUT2D eigenvalue weighted by Crippen LogP contribution is 2.17. The molecule has 19 heavy (non-hydrogen) atoms. The van der Waals surface area contributed by atoms with Gasteiger partial charge in [0.2, 0.25) is 0 Å². The van der Waals surface area contributed by atoms with E-state index < -0.39 is 0 Å². The third kappa shape index (κ3) is 2.40. The van der Waals surface area contributed by atoms with E-state index in [0.29, 0.717) is 0 Å². The van der Waals surface area contributed by atoms with E-state index in [9.17, 15) is 0 Å². The third-order valence-electron chi connectivity index (χ3n) is 3.99. The van der Waals surface area contributed by atoms with Gasteiger partial charge in [-0.15, -0.1) is 10.2 Å². The maximum Gasteiger partial charge on any atom is 0.137 e. The van der Waals surface area contributed by atoms with Gasteiger partial charge in [0.15, 0.2) is 0 Å². The van der Waals surface area contributed by atoms with Crippen molar-refractivity contribution in [3.8, 4) is 0 Å². The molecule has 0 bridgehead atoms. The molecule has 1 unspecified atom stereocenters. The summed E-state index contributed by atoms with van der Waals surface area (Å²) in [6, 6.07) is 6.82. The van der Waals surface area contributed by atoms with Gasteiger partial charge < -0.3 is 10.3 Å². The van der Waals surface area contributed by atoms with Crippen LogP contribution in [0, 0.1) is 13.8 Å². The van der Waals surface area contributed by atoms with Crippen LogP contribution < -0.4 is 5.73 Å². The summed E-state index contributed by atoms with van der Waals surface area (Å²) in [6.07, 6.45) is 2.80. The predicted octanol–water partition coefficient (Wildman–Crippen LogP) is 1.76. The molecule has 0 saturated carbocycles. The molecule has 1 aliphatic rings. The molecule has 0 fully saturated rings. The molecule has 1 atom stereocenters. The highest BCUT2D eigenvalue weighted by atomic mass is 15.3. The maximum atomic E-state index is 6.04. The van der Waals surface area contributed by atoms with Crippen molar-refractivity contribution in [1.29, 1.82) is 0 Å². The van der Waals surface area contributed by atoms with Crippen LogP contribution in [-0.4, -0.2) is 20.8 Å². The average molecular weight is 256 g/mol. The van der Waals surface area contributed by atoms with Crippen LogP contribution in [0.25, 0.3) is 0 Å². The minimum Gasteiger partial charge on any atom is -0.326 e. The van der Waals surface area contributed by atoms with Gasteiger partial charge in [0, 0.05) is 25.4 Å². The molecule has 0 saturated heterocycles. The Labute approximate surface area is 113 Å². The first kappa shape index (κ1) is 12.4. The van der Waals surface area contributed by atoms with Gasteiger partial charge in [-0.2, -0.15) is 0 Å². The van der Waals surface area contributed by atoms with E-state index >= 15 is 0 Å². The summed E-state index contributed by atoms with van der Waals surface area (Å²) < 4.78 is 2.20. The van der Waals surface area contributed by atoms with Crippen molar-refractivity contribution in [3.63, 3.8) is 0 Å². The first-order valence-electron chi connectivity index (χ1n) is 6.86. The number of aromatic nitrogens is 3. The molecule has 0 aliphatic carbocycles. The summed E-state index contributed by atoms with van der Waals surface area (Å²) in [4.78, 5) is 0. The Hall–Kier alpha value is -1.68. The monoisotopic (exact) mass is 256 g/mol. The van der Waals surface area contributed by atoms with Gasteiger partial charge in [0.05, 0.1) is 0 Å². The lowest BCUT2D eigenvalue weighted by Crippen LogP contribution is -2.32. The molecule has 2 aromatic rings. The molecule has 1 aliphatic heterocycles. The second-order valence-corrected chi connectivity index (χ2v) is 5.54. The zero-order valence-corrected chi connectivity index (χ0v) is 11.6. The lowest BCUT2D eigenvalue weighted by atomic mass is 10.0. The van der Waals surface area contributed by atoms with Crippen molar-refractivity contribution in [2.75, 3.05) is 0 Å². The fraction of sp³-hybridized carbons (Fsp3) is 0.467. The summed E-state index contributed by atoms with van der Waals surface area (Å²) in [7, 11) is 0. The van der Waals surface area contributed by atoms with Gasteiger partial charge in [0.25, 0.3) is 0 Å². The molecule has 100 valence electrons. The third-order valence-corrected chi connectivity index (χ3v) is 3.99. The molecule has 2 N–H and O–H groups in total. The SMILES string of the molecule is Cc1ccc(Cc2nnc3n2CC(N)CC3)cc1C. The molecule has 0 amide bonds. The molecule has 1 aromatic carbocycles. The zero-order chi connectivity index (χ0) is 13.4. The van der Waals surface area contributed by atoms with Gasteiger partial charge in [-0.1, -0.05) is 18.2 Å². The Kier molecular flexibility index (Phi) is 3.11.